The second kappa shape index (κ2) is 6.37. The maximum absolute atomic E-state index is 11.6. The second-order valence-corrected chi connectivity index (χ2v) is 7.38. The fourth-order valence-electron chi connectivity index (χ4n) is 2.73. The number of benzene rings is 2. The number of carbonyl (C=O) groups excluding carboxylic acids is 1. The maximum atomic E-state index is 11.6. The Morgan fingerprint density at radius 3 is 2.44 bits per heavy atom. The van der Waals surface area contributed by atoms with Crippen LogP contribution in [0.1, 0.15) is 37.0 Å². The normalized spacial score (nSPS) is 11.5. The van der Waals surface area contributed by atoms with E-state index in [9.17, 15) is 4.79 Å². The van der Waals surface area contributed by atoms with E-state index >= 15 is 0 Å². The van der Waals surface area contributed by atoms with E-state index in [2.05, 4.69) is 25.9 Å². The molecule has 0 unspecified atom stereocenters. The van der Waals surface area contributed by atoms with Crippen molar-refractivity contribution in [1.82, 2.24) is 9.78 Å². The van der Waals surface area contributed by atoms with E-state index in [-0.39, 0.29) is 11.1 Å². The lowest BCUT2D eigenvalue weighted by Crippen LogP contribution is -2.17. The van der Waals surface area contributed by atoms with Gasteiger partial charge in [0.05, 0.1) is 11.4 Å². The first-order valence-electron chi connectivity index (χ1n) is 8.03. The summed E-state index contributed by atoms with van der Waals surface area (Å²) in [4.78, 5) is 11.6. The fraction of sp³-hybridized carbons (Fsp3) is 0.200. The molecule has 0 aliphatic carbocycles. The Balaban J connectivity index is 2.16. The van der Waals surface area contributed by atoms with Crippen molar-refractivity contribution < 1.29 is 4.79 Å². The molecule has 0 aliphatic rings. The van der Waals surface area contributed by atoms with Crippen molar-refractivity contribution >= 4 is 17.5 Å². The lowest BCUT2D eigenvalue weighted by atomic mass is 9.91. The van der Waals surface area contributed by atoms with Gasteiger partial charge in [0.2, 0.25) is 0 Å². The van der Waals surface area contributed by atoms with Gasteiger partial charge in [-0.3, -0.25) is 4.79 Å². The SMILES string of the molecule is CC(C)(C)c1cc(C(N)=O)nn1-c1cccc(-c2ccccc2Cl)c1. The number of hydrogen-bond acceptors (Lipinski definition) is 2. The number of nitrogens with two attached hydrogens (primary N) is 1. The standard InChI is InChI=1S/C20H20ClN3O/c1-20(2,3)18-12-17(19(22)25)23-24(18)14-8-6-7-13(11-14)15-9-4-5-10-16(15)21/h4-12H,1-3H3,(H2,22,25). The average molecular weight is 354 g/mol. The van der Waals surface area contributed by atoms with Gasteiger partial charge in [-0.1, -0.05) is 62.7 Å². The summed E-state index contributed by atoms with van der Waals surface area (Å²) in [6.07, 6.45) is 0. The van der Waals surface area contributed by atoms with Gasteiger partial charge in [-0.25, -0.2) is 4.68 Å². The molecule has 0 spiro atoms. The molecule has 3 aromatic rings. The Kier molecular flexibility index (Phi) is 4.39. The molecule has 4 nitrogen and oxygen atoms in total. The predicted molar refractivity (Wildman–Crippen MR) is 101 cm³/mol. The number of nitrogens with zero attached hydrogens (tertiary/aromatic N) is 2. The maximum Gasteiger partial charge on any atom is 0.269 e. The minimum Gasteiger partial charge on any atom is -0.364 e. The summed E-state index contributed by atoms with van der Waals surface area (Å²) < 4.78 is 1.78. The highest BCUT2D eigenvalue weighted by atomic mass is 35.5. The molecule has 1 heterocycles. The Morgan fingerprint density at radius 1 is 1.08 bits per heavy atom. The highest BCUT2D eigenvalue weighted by molar-refractivity contribution is 6.33. The summed E-state index contributed by atoms with van der Waals surface area (Å²) in [6.45, 7) is 6.22. The molecule has 2 N–H and O–H groups in total. The summed E-state index contributed by atoms with van der Waals surface area (Å²) in [5, 5.41) is 5.10. The molecule has 128 valence electrons. The van der Waals surface area contributed by atoms with E-state index < -0.39 is 5.91 Å². The van der Waals surface area contributed by atoms with Gasteiger partial charge in [-0.2, -0.15) is 5.10 Å². The van der Waals surface area contributed by atoms with Gasteiger partial charge in [-0.15, -0.1) is 0 Å². The van der Waals surface area contributed by atoms with Gasteiger partial charge in [0.1, 0.15) is 0 Å². The van der Waals surface area contributed by atoms with Crippen molar-refractivity contribution in [1.29, 1.82) is 0 Å². The number of hydrogen-bond donors (Lipinski definition) is 1. The van der Waals surface area contributed by atoms with Crippen molar-refractivity contribution in [2.45, 2.75) is 26.2 Å². The largest absolute Gasteiger partial charge is 0.364 e. The van der Waals surface area contributed by atoms with E-state index in [1.165, 1.54) is 0 Å². The summed E-state index contributed by atoms with van der Waals surface area (Å²) in [7, 11) is 0. The molecule has 0 bridgehead atoms. The van der Waals surface area contributed by atoms with Crippen LogP contribution < -0.4 is 5.73 Å². The van der Waals surface area contributed by atoms with Crippen LogP contribution >= 0.6 is 11.6 Å². The molecule has 0 aliphatic heterocycles. The molecule has 0 saturated carbocycles. The first-order chi connectivity index (χ1) is 11.8. The molecular weight excluding hydrogens is 334 g/mol. The zero-order valence-electron chi connectivity index (χ0n) is 14.5. The molecule has 25 heavy (non-hydrogen) atoms. The third kappa shape index (κ3) is 3.44. The molecule has 1 aromatic heterocycles. The Labute approximate surface area is 152 Å². The monoisotopic (exact) mass is 353 g/mol. The molecule has 5 heteroatoms. The number of carbonyl (C=O) groups is 1. The van der Waals surface area contributed by atoms with Crippen LogP contribution in [-0.4, -0.2) is 15.7 Å². The van der Waals surface area contributed by atoms with Crippen LogP contribution in [0.5, 0.6) is 0 Å². The van der Waals surface area contributed by atoms with Gasteiger partial charge in [0.25, 0.3) is 5.91 Å². The molecule has 2 aromatic carbocycles. The quantitative estimate of drug-likeness (QED) is 0.748. The van der Waals surface area contributed by atoms with E-state index in [1.807, 2.05) is 48.5 Å². The number of aromatic nitrogens is 2. The van der Waals surface area contributed by atoms with Crippen LogP contribution in [0.2, 0.25) is 5.02 Å². The van der Waals surface area contributed by atoms with Gasteiger partial charge in [0.15, 0.2) is 5.69 Å². The lowest BCUT2D eigenvalue weighted by molar-refractivity contribution is 0.0995. The second-order valence-electron chi connectivity index (χ2n) is 6.97. The predicted octanol–water partition coefficient (Wildman–Crippen LogP) is 4.59. The van der Waals surface area contributed by atoms with Crippen LogP contribution in [0.3, 0.4) is 0 Å². The third-order valence-electron chi connectivity index (χ3n) is 4.01. The minimum atomic E-state index is -0.536. The van der Waals surface area contributed by atoms with Crippen molar-refractivity contribution in [2.24, 2.45) is 5.73 Å². The minimum absolute atomic E-state index is 0.193. The molecule has 3 rings (SSSR count). The molecule has 0 atom stereocenters. The first kappa shape index (κ1) is 17.2. The third-order valence-corrected chi connectivity index (χ3v) is 4.34. The lowest BCUT2D eigenvalue weighted by Gasteiger charge is -2.20. The van der Waals surface area contributed by atoms with E-state index in [0.29, 0.717) is 5.02 Å². The van der Waals surface area contributed by atoms with Crippen molar-refractivity contribution in [3.63, 3.8) is 0 Å². The first-order valence-corrected chi connectivity index (χ1v) is 8.41. The highest BCUT2D eigenvalue weighted by Gasteiger charge is 2.23. The van der Waals surface area contributed by atoms with Crippen molar-refractivity contribution in [3.05, 3.63) is 71.0 Å². The van der Waals surface area contributed by atoms with E-state index in [0.717, 1.165) is 22.5 Å². The zero-order chi connectivity index (χ0) is 18.2. The summed E-state index contributed by atoms with van der Waals surface area (Å²) in [5.41, 5.74) is 9.20. The van der Waals surface area contributed by atoms with Gasteiger partial charge < -0.3 is 5.73 Å². The smallest absolute Gasteiger partial charge is 0.269 e. The van der Waals surface area contributed by atoms with Crippen LogP contribution in [-0.2, 0) is 5.41 Å². The number of rotatable bonds is 3. The van der Waals surface area contributed by atoms with Crippen LogP contribution in [0, 0.1) is 0 Å². The zero-order valence-corrected chi connectivity index (χ0v) is 15.2. The van der Waals surface area contributed by atoms with Crippen molar-refractivity contribution in [3.8, 4) is 16.8 Å². The Bertz CT molecular complexity index is 938. The summed E-state index contributed by atoms with van der Waals surface area (Å²) in [6, 6.07) is 17.4. The van der Waals surface area contributed by atoms with Crippen molar-refractivity contribution in [2.75, 3.05) is 0 Å². The van der Waals surface area contributed by atoms with Crippen LogP contribution in [0.15, 0.2) is 54.6 Å². The van der Waals surface area contributed by atoms with E-state index in [4.69, 9.17) is 17.3 Å². The molecule has 0 fully saturated rings. The van der Waals surface area contributed by atoms with Gasteiger partial charge in [-0.05, 0) is 29.8 Å². The number of amides is 1. The Hall–Kier alpha value is -2.59. The summed E-state index contributed by atoms with van der Waals surface area (Å²) >= 11 is 6.32. The number of primary amides is 1. The average Bonchev–Trinajstić information content (AvgIpc) is 3.01. The topological polar surface area (TPSA) is 60.9 Å². The van der Waals surface area contributed by atoms with Gasteiger partial charge in [0, 0.05) is 16.0 Å². The highest BCUT2D eigenvalue weighted by Crippen LogP contribution is 2.31. The Morgan fingerprint density at radius 2 is 1.80 bits per heavy atom. The molecular formula is C20H20ClN3O. The fourth-order valence-corrected chi connectivity index (χ4v) is 2.98. The van der Waals surface area contributed by atoms with Gasteiger partial charge >= 0.3 is 0 Å². The van der Waals surface area contributed by atoms with Crippen LogP contribution in [0.4, 0.5) is 0 Å². The van der Waals surface area contributed by atoms with E-state index in [1.54, 1.807) is 10.7 Å². The summed E-state index contributed by atoms with van der Waals surface area (Å²) in [5.74, 6) is -0.536. The molecule has 1 amide bonds. The molecule has 0 saturated heterocycles. The molecule has 0 radical (unpaired) electrons. The van der Waals surface area contributed by atoms with Crippen LogP contribution in [0.25, 0.3) is 16.8 Å². The number of halogens is 1.